The van der Waals surface area contributed by atoms with Gasteiger partial charge in [-0.1, -0.05) is 24.3 Å². The molecule has 0 radical (unpaired) electrons. The molecule has 2 N–H and O–H groups in total. The molecular weight excluding hydrogens is 344 g/mol. The smallest absolute Gasteiger partial charge is 0.412 e. The van der Waals surface area contributed by atoms with Crippen LogP contribution in [0.4, 0.5) is 16.2 Å². The average molecular weight is 372 g/mol. The maximum atomic E-state index is 12.2. The van der Waals surface area contributed by atoms with Gasteiger partial charge in [-0.15, -0.1) is 0 Å². The molecule has 0 saturated carbocycles. The molecule has 0 aliphatic heterocycles. The monoisotopic (exact) mass is 372 g/mol. The van der Waals surface area contributed by atoms with Crippen LogP contribution >= 0.6 is 0 Å². The Morgan fingerprint density at radius 3 is 2.30 bits per heavy atom. The third-order valence-electron chi connectivity index (χ3n) is 3.87. The zero-order valence-electron chi connectivity index (χ0n) is 16.6. The van der Waals surface area contributed by atoms with Gasteiger partial charge in [0.05, 0.1) is 19.2 Å². The van der Waals surface area contributed by atoms with Gasteiger partial charge in [0, 0.05) is 22.9 Å². The number of hydrogen-bond donors (Lipinski definition) is 2. The van der Waals surface area contributed by atoms with Crippen molar-refractivity contribution in [3.05, 3.63) is 35.4 Å². The van der Waals surface area contributed by atoms with Gasteiger partial charge < -0.3 is 14.8 Å². The number of methoxy groups -OCH3 is 1. The fourth-order valence-corrected chi connectivity index (χ4v) is 2.74. The van der Waals surface area contributed by atoms with Gasteiger partial charge in [-0.2, -0.15) is 0 Å². The lowest BCUT2D eigenvalue weighted by Gasteiger charge is -2.22. The van der Waals surface area contributed by atoms with Gasteiger partial charge in [-0.3, -0.25) is 10.1 Å². The highest BCUT2D eigenvalue weighted by atomic mass is 16.6. The minimum absolute atomic E-state index is 0.0909. The summed E-state index contributed by atoms with van der Waals surface area (Å²) in [4.78, 5) is 23.7. The van der Waals surface area contributed by atoms with Gasteiger partial charge in [0.2, 0.25) is 0 Å². The van der Waals surface area contributed by atoms with Gasteiger partial charge >= 0.3 is 12.1 Å². The second kappa shape index (κ2) is 8.75. The molecule has 6 nitrogen and oxygen atoms in total. The predicted octanol–water partition coefficient (Wildman–Crippen LogP) is 4.83. The lowest BCUT2D eigenvalue weighted by atomic mass is 10.0. The number of nitrogens with one attached hydrogen (secondary N) is 2. The van der Waals surface area contributed by atoms with Crippen LogP contribution in [-0.4, -0.2) is 30.8 Å². The summed E-state index contributed by atoms with van der Waals surface area (Å²) in [5.41, 5.74) is 2.84. The fraction of sp³-hybridized carbons (Fsp3) is 0.429. The van der Waals surface area contributed by atoms with E-state index in [1.807, 2.05) is 58.1 Å². The highest BCUT2D eigenvalue weighted by molar-refractivity contribution is 5.92. The minimum Gasteiger partial charge on any atom is -0.469 e. The van der Waals surface area contributed by atoms with Gasteiger partial charge in [-0.25, -0.2) is 4.79 Å². The summed E-state index contributed by atoms with van der Waals surface area (Å²) in [6.45, 7) is 7.40. The second-order valence-electron chi connectivity index (χ2n) is 7.48. The molecule has 27 heavy (non-hydrogen) atoms. The zero-order chi connectivity index (χ0) is 20.0. The molecule has 1 aromatic rings. The Kier molecular flexibility index (Phi) is 6.66. The predicted molar refractivity (Wildman–Crippen MR) is 109 cm³/mol. The van der Waals surface area contributed by atoms with E-state index in [4.69, 9.17) is 9.47 Å². The maximum Gasteiger partial charge on any atom is 0.412 e. The quantitative estimate of drug-likeness (QED) is 0.724. The first-order chi connectivity index (χ1) is 12.7. The van der Waals surface area contributed by atoms with E-state index in [9.17, 15) is 9.59 Å². The number of benzene rings is 1. The van der Waals surface area contributed by atoms with Crippen molar-refractivity contribution < 1.29 is 19.1 Å². The lowest BCUT2D eigenvalue weighted by Crippen LogP contribution is -2.27. The highest BCUT2D eigenvalue weighted by Crippen LogP contribution is 2.32. The van der Waals surface area contributed by atoms with Crippen LogP contribution in [0.25, 0.3) is 12.2 Å². The Labute approximate surface area is 160 Å². The molecule has 2 rings (SSSR count). The van der Waals surface area contributed by atoms with E-state index >= 15 is 0 Å². The number of allylic oxidation sites excluding steroid dienone is 2. The van der Waals surface area contributed by atoms with Crippen LogP contribution in [0.3, 0.4) is 0 Å². The summed E-state index contributed by atoms with van der Waals surface area (Å²) >= 11 is 0. The standard InChI is InChI=1S/C21H28N2O4/c1-14(13-19(24)26-5)22-17-11-12-18(23-20(25)27-21(2,3)4)16-10-8-6-7-9-15(16)17/h7-12,14,22H,6,13H2,1-5H3,(H,23,25). The molecule has 1 amide bonds. The van der Waals surface area contributed by atoms with Crippen molar-refractivity contribution in [2.24, 2.45) is 0 Å². The molecule has 146 valence electrons. The van der Waals surface area contributed by atoms with E-state index in [0.29, 0.717) is 5.69 Å². The lowest BCUT2D eigenvalue weighted by molar-refractivity contribution is -0.140. The molecule has 1 aromatic carbocycles. The van der Waals surface area contributed by atoms with Gasteiger partial charge in [0.15, 0.2) is 0 Å². The molecule has 1 atom stereocenters. The molecule has 0 heterocycles. The van der Waals surface area contributed by atoms with E-state index in [1.165, 1.54) is 7.11 Å². The molecule has 1 aliphatic carbocycles. The Hall–Kier alpha value is -2.76. The summed E-state index contributed by atoms with van der Waals surface area (Å²) in [6.07, 6.45) is 8.66. The molecule has 6 heteroatoms. The van der Waals surface area contributed by atoms with Crippen LogP contribution in [0.2, 0.25) is 0 Å². The first-order valence-electron chi connectivity index (χ1n) is 9.03. The van der Waals surface area contributed by atoms with Crippen LogP contribution in [0.1, 0.15) is 51.7 Å². The van der Waals surface area contributed by atoms with Crippen molar-refractivity contribution in [1.29, 1.82) is 0 Å². The molecule has 0 saturated heterocycles. The summed E-state index contributed by atoms with van der Waals surface area (Å²) < 4.78 is 10.1. The van der Waals surface area contributed by atoms with Crippen LogP contribution in [0.15, 0.2) is 24.3 Å². The molecule has 0 bridgehead atoms. The molecule has 0 aromatic heterocycles. The van der Waals surface area contributed by atoms with Gasteiger partial charge in [-0.05, 0) is 46.2 Å². The number of ether oxygens (including phenoxy) is 2. The summed E-state index contributed by atoms with van der Waals surface area (Å²) in [6, 6.07) is 3.63. The largest absolute Gasteiger partial charge is 0.469 e. The van der Waals surface area contributed by atoms with Crippen LogP contribution in [0.5, 0.6) is 0 Å². The number of fused-ring (bicyclic) bond motifs is 1. The molecular formula is C21H28N2O4. The SMILES string of the molecule is COC(=O)CC(C)Nc1ccc(NC(=O)OC(C)(C)C)c2c1C=CCC=C2. The molecule has 1 aliphatic rings. The second-order valence-corrected chi connectivity index (χ2v) is 7.48. The van der Waals surface area contributed by atoms with Crippen LogP contribution in [0, 0.1) is 0 Å². The van der Waals surface area contributed by atoms with Crippen molar-refractivity contribution in [2.75, 3.05) is 17.7 Å². The summed E-state index contributed by atoms with van der Waals surface area (Å²) in [5, 5.41) is 6.18. The number of carbonyl (C=O) groups excluding carboxylic acids is 2. The Balaban J connectivity index is 2.28. The van der Waals surface area contributed by atoms with Crippen molar-refractivity contribution in [3.63, 3.8) is 0 Å². The third-order valence-corrected chi connectivity index (χ3v) is 3.87. The number of rotatable bonds is 5. The van der Waals surface area contributed by atoms with E-state index in [0.717, 1.165) is 23.2 Å². The summed E-state index contributed by atoms with van der Waals surface area (Å²) in [7, 11) is 1.38. The van der Waals surface area contributed by atoms with E-state index in [2.05, 4.69) is 16.7 Å². The fourth-order valence-electron chi connectivity index (χ4n) is 2.74. The van der Waals surface area contributed by atoms with E-state index < -0.39 is 11.7 Å². The first kappa shape index (κ1) is 20.6. The van der Waals surface area contributed by atoms with Crippen LogP contribution < -0.4 is 10.6 Å². The van der Waals surface area contributed by atoms with Crippen molar-refractivity contribution in [3.8, 4) is 0 Å². The van der Waals surface area contributed by atoms with Gasteiger partial charge in [0.25, 0.3) is 0 Å². The highest BCUT2D eigenvalue weighted by Gasteiger charge is 2.19. The first-order valence-corrected chi connectivity index (χ1v) is 9.03. The topological polar surface area (TPSA) is 76.7 Å². The zero-order valence-corrected chi connectivity index (χ0v) is 16.6. The number of hydrogen-bond acceptors (Lipinski definition) is 5. The van der Waals surface area contributed by atoms with Crippen molar-refractivity contribution in [2.45, 2.75) is 52.2 Å². The minimum atomic E-state index is -0.568. The Morgan fingerprint density at radius 1 is 1.11 bits per heavy atom. The number of esters is 1. The van der Waals surface area contributed by atoms with Gasteiger partial charge in [0.1, 0.15) is 5.60 Å². The molecule has 0 fully saturated rings. The number of anilines is 2. The van der Waals surface area contributed by atoms with E-state index in [1.54, 1.807) is 0 Å². The number of amides is 1. The Morgan fingerprint density at radius 2 is 1.70 bits per heavy atom. The van der Waals surface area contributed by atoms with Crippen molar-refractivity contribution in [1.82, 2.24) is 0 Å². The maximum absolute atomic E-state index is 12.2. The van der Waals surface area contributed by atoms with Crippen molar-refractivity contribution >= 4 is 35.6 Å². The van der Waals surface area contributed by atoms with E-state index in [-0.39, 0.29) is 18.4 Å². The third kappa shape index (κ3) is 6.16. The van der Waals surface area contributed by atoms with Crippen LogP contribution in [-0.2, 0) is 14.3 Å². The number of carbonyl (C=O) groups is 2. The average Bonchev–Trinajstić information content (AvgIpc) is 2.81. The summed E-state index contributed by atoms with van der Waals surface area (Å²) in [5.74, 6) is -0.264. The normalized spacial score (nSPS) is 14.0. The Bertz CT molecular complexity index is 760. The molecule has 1 unspecified atom stereocenters. The molecule has 0 spiro atoms.